The van der Waals surface area contributed by atoms with Gasteiger partial charge in [0, 0.05) is 12.5 Å². The van der Waals surface area contributed by atoms with Crippen molar-refractivity contribution in [2.75, 3.05) is 7.05 Å². The highest BCUT2D eigenvalue weighted by Gasteiger charge is 2.62. The Kier molecular flexibility index (Phi) is 7.43. The SMILES string of the molecule is CC(C)C1(C2(c3ccccc3)N=C(N)N(C)C2=O)C=CC=C(c2ccccc2)C1.O=C(O)C(F)(F)F. The van der Waals surface area contributed by atoms with Gasteiger partial charge in [-0.15, -0.1) is 0 Å². The molecular weight excluding hydrogens is 471 g/mol. The zero-order valence-corrected chi connectivity index (χ0v) is 20.2. The van der Waals surface area contributed by atoms with Crippen LogP contribution in [-0.4, -0.2) is 41.1 Å². The summed E-state index contributed by atoms with van der Waals surface area (Å²) in [4.78, 5) is 29.0. The van der Waals surface area contributed by atoms with Crippen LogP contribution in [0.2, 0.25) is 0 Å². The maximum Gasteiger partial charge on any atom is 0.490 e. The summed E-state index contributed by atoms with van der Waals surface area (Å²) in [5, 5.41) is 7.12. The number of benzene rings is 2. The second-order valence-corrected chi connectivity index (χ2v) is 9.00. The van der Waals surface area contributed by atoms with Crippen molar-refractivity contribution >= 4 is 23.4 Å². The van der Waals surface area contributed by atoms with E-state index in [1.165, 1.54) is 16.0 Å². The topological polar surface area (TPSA) is 96.0 Å². The molecule has 0 spiro atoms. The van der Waals surface area contributed by atoms with Crippen LogP contribution in [0.4, 0.5) is 13.2 Å². The summed E-state index contributed by atoms with van der Waals surface area (Å²) in [7, 11) is 1.71. The monoisotopic (exact) mass is 499 g/mol. The number of amides is 1. The van der Waals surface area contributed by atoms with Crippen molar-refractivity contribution in [1.82, 2.24) is 4.90 Å². The third-order valence-corrected chi connectivity index (χ3v) is 6.70. The zero-order valence-electron chi connectivity index (χ0n) is 20.2. The number of aliphatic imine (C=N–C) groups is 1. The largest absolute Gasteiger partial charge is 0.490 e. The molecule has 2 aromatic rings. The van der Waals surface area contributed by atoms with Crippen molar-refractivity contribution in [3.8, 4) is 0 Å². The Morgan fingerprint density at radius 3 is 2.06 bits per heavy atom. The minimum Gasteiger partial charge on any atom is -0.475 e. The van der Waals surface area contributed by atoms with Gasteiger partial charge in [0.25, 0.3) is 5.91 Å². The van der Waals surface area contributed by atoms with E-state index >= 15 is 0 Å². The number of alkyl halides is 3. The first-order valence-corrected chi connectivity index (χ1v) is 11.3. The molecule has 3 N–H and O–H groups in total. The van der Waals surface area contributed by atoms with Crippen molar-refractivity contribution in [1.29, 1.82) is 0 Å². The summed E-state index contributed by atoms with van der Waals surface area (Å²) in [6, 6.07) is 20.2. The number of carboxylic acids is 1. The summed E-state index contributed by atoms with van der Waals surface area (Å²) in [5.74, 6) is -2.41. The van der Waals surface area contributed by atoms with Crippen LogP contribution in [0.5, 0.6) is 0 Å². The minimum absolute atomic E-state index is 0.0751. The Morgan fingerprint density at radius 1 is 1.08 bits per heavy atom. The fourth-order valence-electron chi connectivity index (χ4n) is 4.76. The van der Waals surface area contributed by atoms with E-state index in [1.807, 2.05) is 48.5 Å². The molecule has 0 saturated heterocycles. The summed E-state index contributed by atoms with van der Waals surface area (Å²) < 4.78 is 31.7. The highest BCUT2D eigenvalue weighted by molar-refractivity contribution is 6.08. The average Bonchev–Trinajstić information content (AvgIpc) is 3.10. The molecule has 1 aliphatic carbocycles. The number of nitrogens with two attached hydrogens (primary N) is 1. The smallest absolute Gasteiger partial charge is 0.475 e. The molecule has 190 valence electrons. The predicted octanol–water partition coefficient (Wildman–Crippen LogP) is 4.99. The lowest BCUT2D eigenvalue weighted by atomic mass is 9.56. The predicted molar refractivity (Wildman–Crippen MR) is 132 cm³/mol. The second kappa shape index (κ2) is 10.0. The maximum atomic E-state index is 13.8. The summed E-state index contributed by atoms with van der Waals surface area (Å²) in [5.41, 5.74) is 7.83. The Balaban J connectivity index is 0.000000454. The summed E-state index contributed by atoms with van der Waals surface area (Å²) in [6.07, 6.45) is 2.01. The van der Waals surface area contributed by atoms with Crippen molar-refractivity contribution in [2.45, 2.75) is 32.0 Å². The molecule has 2 atom stereocenters. The van der Waals surface area contributed by atoms with E-state index in [-0.39, 0.29) is 17.8 Å². The molecular formula is C27H28F3N3O3. The highest BCUT2D eigenvalue weighted by atomic mass is 19.4. The number of hydrogen-bond donors (Lipinski definition) is 2. The van der Waals surface area contributed by atoms with Crippen LogP contribution in [0.1, 0.15) is 31.4 Å². The van der Waals surface area contributed by atoms with Gasteiger partial charge in [-0.05, 0) is 29.0 Å². The van der Waals surface area contributed by atoms with Gasteiger partial charge in [0.05, 0.1) is 0 Å². The van der Waals surface area contributed by atoms with Gasteiger partial charge in [-0.25, -0.2) is 9.79 Å². The van der Waals surface area contributed by atoms with Gasteiger partial charge >= 0.3 is 12.1 Å². The molecule has 36 heavy (non-hydrogen) atoms. The van der Waals surface area contributed by atoms with Gasteiger partial charge in [0.15, 0.2) is 11.5 Å². The molecule has 0 aromatic heterocycles. The number of rotatable bonds is 4. The Morgan fingerprint density at radius 2 is 1.61 bits per heavy atom. The number of aliphatic carboxylic acids is 1. The lowest BCUT2D eigenvalue weighted by Crippen LogP contribution is -2.53. The molecule has 1 heterocycles. The van der Waals surface area contributed by atoms with Crippen LogP contribution < -0.4 is 5.73 Å². The average molecular weight is 500 g/mol. The Bertz CT molecular complexity index is 1210. The number of halogens is 3. The van der Waals surface area contributed by atoms with Crippen LogP contribution in [0, 0.1) is 11.3 Å². The van der Waals surface area contributed by atoms with E-state index in [0.717, 1.165) is 5.56 Å². The van der Waals surface area contributed by atoms with Crippen LogP contribution in [0.3, 0.4) is 0 Å². The molecule has 1 amide bonds. The fraction of sp³-hybridized carbons (Fsp3) is 0.296. The molecule has 2 aliphatic rings. The van der Waals surface area contributed by atoms with Crippen LogP contribution in [-0.2, 0) is 15.1 Å². The summed E-state index contributed by atoms with van der Waals surface area (Å²) in [6.45, 7) is 4.33. The number of allylic oxidation sites excluding steroid dienone is 3. The van der Waals surface area contributed by atoms with E-state index in [1.54, 1.807) is 7.05 Å². The molecule has 0 saturated carbocycles. The van der Waals surface area contributed by atoms with Gasteiger partial charge < -0.3 is 10.8 Å². The zero-order chi connectivity index (χ0) is 26.7. The van der Waals surface area contributed by atoms with Gasteiger partial charge in [-0.2, -0.15) is 13.2 Å². The van der Waals surface area contributed by atoms with E-state index in [9.17, 15) is 18.0 Å². The molecule has 2 unspecified atom stereocenters. The van der Waals surface area contributed by atoms with E-state index < -0.39 is 23.1 Å². The van der Waals surface area contributed by atoms with Gasteiger partial charge in [0.2, 0.25) is 0 Å². The van der Waals surface area contributed by atoms with Gasteiger partial charge in [0.1, 0.15) is 0 Å². The van der Waals surface area contributed by atoms with Crippen molar-refractivity contribution in [3.05, 3.63) is 90.0 Å². The molecule has 6 nitrogen and oxygen atoms in total. The van der Waals surface area contributed by atoms with Crippen LogP contribution in [0.15, 0.2) is 83.9 Å². The third kappa shape index (κ3) is 4.65. The molecule has 0 radical (unpaired) electrons. The highest BCUT2D eigenvalue weighted by Crippen LogP contribution is 2.57. The summed E-state index contributed by atoms with van der Waals surface area (Å²) >= 11 is 0. The first-order valence-electron chi connectivity index (χ1n) is 11.3. The minimum atomic E-state index is -5.08. The first-order chi connectivity index (χ1) is 16.9. The van der Waals surface area contributed by atoms with E-state index in [0.29, 0.717) is 6.42 Å². The van der Waals surface area contributed by atoms with E-state index in [2.05, 4.69) is 44.2 Å². The van der Waals surface area contributed by atoms with Crippen molar-refractivity contribution < 1.29 is 27.9 Å². The van der Waals surface area contributed by atoms with Gasteiger partial charge in [-0.1, -0.05) is 92.7 Å². The normalized spacial score (nSPS) is 23.6. The van der Waals surface area contributed by atoms with Crippen molar-refractivity contribution in [2.24, 2.45) is 22.1 Å². The maximum absolute atomic E-state index is 13.8. The lowest BCUT2D eigenvalue weighted by Gasteiger charge is -2.48. The number of likely N-dealkylation sites (N-methyl/N-ethyl adjacent to an activating group) is 1. The molecule has 2 aromatic carbocycles. The standard InChI is InChI=1S/C25H27N3O.C2HF3O2/c1-18(2)24(16-10-13-20(17-24)19-11-6-4-7-12-19)25(21-14-8-5-9-15-21)22(29)28(3)23(26)27-25;3-2(4,5)1(6)7/h4-16,18H,17H2,1-3H3,(H2,26,27);(H,6,7). The fourth-order valence-corrected chi connectivity index (χ4v) is 4.76. The second-order valence-electron chi connectivity index (χ2n) is 9.00. The van der Waals surface area contributed by atoms with Gasteiger partial charge in [-0.3, -0.25) is 9.69 Å². The van der Waals surface area contributed by atoms with E-state index in [4.69, 9.17) is 20.6 Å². The first kappa shape index (κ1) is 26.7. The Labute approximate surface area is 207 Å². The molecule has 0 fully saturated rings. The lowest BCUT2D eigenvalue weighted by molar-refractivity contribution is -0.192. The molecule has 9 heteroatoms. The molecule has 0 bridgehead atoms. The Hall–Kier alpha value is -3.88. The quantitative estimate of drug-likeness (QED) is 0.620. The number of nitrogens with zero attached hydrogens (tertiary/aromatic N) is 2. The number of hydrogen-bond acceptors (Lipinski definition) is 4. The number of carboxylic acid groups (broad SMARTS) is 1. The van der Waals surface area contributed by atoms with Crippen LogP contribution in [0.25, 0.3) is 5.57 Å². The van der Waals surface area contributed by atoms with Crippen molar-refractivity contribution in [3.63, 3.8) is 0 Å². The number of carbonyl (C=O) groups is 2. The van der Waals surface area contributed by atoms with Crippen LogP contribution >= 0.6 is 0 Å². The molecule has 1 aliphatic heterocycles. The number of guanidine groups is 1. The molecule has 4 rings (SSSR count). The third-order valence-electron chi connectivity index (χ3n) is 6.70. The number of carbonyl (C=O) groups excluding carboxylic acids is 1.